The maximum absolute atomic E-state index is 4.29. The van der Waals surface area contributed by atoms with E-state index >= 15 is 0 Å². The van der Waals surface area contributed by atoms with Gasteiger partial charge in [0.15, 0.2) is 11.0 Å². The van der Waals surface area contributed by atoms with Crippen molar-refractivity contribution in [1.29, 1.82) is 0 Å². The monoisotopic (exact) mass is 301 g/mol. The van der Waals surface area contributed by atoms with Crippen LogP contribution in [0, 0.1) is 6.92 Å². The van der Waals surface area contributed by atoms with Gasteiger partial charge in [-0.1, -0.05) is 47.7 Å². The van der Waals surface area contributed by atoms with Crippen LogP contribution in [0.2, 0.25) is 0 Å². The summed E-state index contributed by atoms with van der Waals surface area (Å²) in [7, 11) is 2.02. The average Bonchev–Trinajstić information content (AvgIpc) is 3.06. The van der Waals surface area contributed by atoms with Crippen molar-refractivity contribution in [3.05, 3.63) is 52.9 Å². The lowest BCUT2D eigenvalue weighted by atomic mass is 10.2. The van der Waals surface area contributed by atoms with Crippen LogP contribution >= 0.6 is 23.1 Å². The number of benzene rings is 1. The van der Waals surface area contributed by atoms with Gasteiger partial charge in [0.2, 0.25) is 0 Å². The maximum Gasteiger partial charge on any atom is 0.191 e. The van der Waals surface area contributed by atoms with Crippen molar-refractivity contribution in [3.8, 4) is 10.7 Å². The molecule has 102 valence electrons. The normalized spacial score (nSPS) is 10.9. The minimum Gasteiger partial charge on any atom is -0.304 e. The number of nitrogens with zero attached hydrogens (tertiary/aromatic N) is 3. The van der Waals surface area contributed by atoms with Crippen molar-refractivity contribution in [3.63, 3.8) is 0 Å². The molecule has 0 aliphatic rings. The van der Waals surface area contributed by atoms with Gasteiger partial charge in [0.1, 0.15) is 0 Å². The first-order valence-corrected chi connectivity index (χ1v) is 8.22. The minimum atomic E-state index is 0.915. The number of hydrogen-bond donors (Lipinski definition) is 0. The van der Waals surface area contributed by atoms with E-state index in [9.17, 15) is 0 Å². The molecule has 3 nitrogen and oxygen atoms in total. The lowest BCUT2D eigenvalue weighted by molar-refractivity contribution is 0.794. The van der Waals surface area contributed by atoms with Gasteiger partial charge in [-0.3, -0.25) is 0 Å². The SMILES string of the molecule is Cc1cccc(CSc2nnc(-c3cccs3)n2C)c1. The molecule has 0 spiro atoms. The molecule has 0 aliphatic carbocycles. The quantitative estimate of drug-likeness (QED) is 0.678. The predicted molar refractivity (Wildman–Crippen MR) is 85.1 cm³/mol. The fourth-order valence-corrected chi connectivity index (χ4v) is 3.61. The third-order valence-corrected chi connectivity index (χ3v) is 4.98. The molecule has 0 unspecified atom stereocenters. The molecule has 0 saturated heterocycles. The second-order valence-electron chi connectivity index (χ2n) is 4.62. The number of hydrogen-bond acceptors (Lipinski definition) is 4. The predicted octanol–water partition coefficient (Wildman–Crippen LogP) is 4.14. The topological polar surface area (TPSA) is 30.7 Å². The van der Waals surface area contributed by atoms with Gasteiger partial charge in [-0.2, -0.15) is 0 Å². The summed E-state index contributed by atoms with van der Waals surface area (Å²) in [5.74, 6) is 1.85. The zero-order valence-corrected chi connectivity index (χ0v) is 13.0. The van der Waals surface area contributed by atoms with Crippen LogP contribution in [0.4, 0.5) is 0 Å². The summed E-state index contributed by atoms with van der Waals surface area (Å²) < 4.78 is 2.06. The summed E-state index contributed by atoms with van der Waals surface area (Å²) in [4.78, 5) is 1.16. The van der Waals surface area contributed by atoms with Gasteiger partial charge in [-0.25, -0.2) is 0 Å². The van der Waals surface area contributed by atoms with Crippen molar-refractivity contribution in [2.45, 2.75) is 17.8 Å². The van der Waals surface area contributed by atoms with Gasteiger partial charge in [0, 0.05) is 12.8 Å². The first-order chi connectivity index (χ1) is 9.74. The van der Waals surface area contributed by atoms with Gasteiger partial charge in [-0.15, -0.1) is 21.5 Å². The first-order valence-electron chi connectivity index (χ1n) is 6.35. The van der Waals surface area contributed by atoms with Crippen molar-refractivity contribution in [2.24, 2.45) is 7.05 Å². The van der Waals surface area contributed by atoms with Crippen LogP contribution in [0.1, 0.15) is 11.1 Å². The van der Waals surface area contributed by atoms with E-state index in [1.54, 1.807) is 23.1 Å². The Kier molecular flexibility index (Phi) is 3.89. The van der Waals surface area contributed by atoms with Gasteiger partial charge in [-0.05, 0) is 23.9 Å². The molecule has 0 amide bonds. The van der Waals surface area contributed by atoms with Gasteiger partial charge < -0.3 is 4.57 Å². The molecule has 0 fully saturated rings. The summed E-state index contributed by atoms with van der Waals surface area (Å²) in [5.41, 5.74) is 2.61. The van der Waals surface area contributed by atoms with E-state index in [-0.39, 0.29) is 0 Å². The van der Waals surface area contributed by atoms with Crippen molar-refractivity contribution in [2.75, 3.05) is 0 Å². The highest BCUT2D eigenvalue weighted by Gasteiger charge is 2.11. The van der Waals surface area contributed by atoms with Crippen LogP contribution in [0.15, 0.2) is 46.9 Å². The molecule has 0 radical (unpaired) electrons. The molecule has 0 aliphatic heterocycles. The van der Waals surface area contributed by atoms with Crippen molar-refractivity contribution >= 4 is 23.1 Å². The second kappa shape index (κ2) is 5.81. The minimum absolute atomic E-state index is 0.915. The highest BCUT2D eigenvalue weighted by atomic mass is 32.2. The third kappa shape index (κ3) is 2.78. The first kappa shape index (κ1) is 13.4. The van der Waals surface area contributed by atoms with E-state index in [0.717, 1.165) is 21.6 Å². The van der Waals surface area contributed by atoms with E-state index < -0.39 is 0 Å². The van der Waals surface area contributed by atoms with E-state index in [1.165, 1.54) is 11.1 Å². The summed E-state index contributed by atoms with van der Waals surface area (Å²) in [6, 6.07) is 12.7. The Morgan fingerprint density at radius 1 is 1.20 bits per heavy atom. The van der Waals surface area contributed by atoms with Gasteiger partial charge in [0.05, 0.1) is 4.88 Å². The number of rotatable bonds is 4. The summed E-state index contributed by atoms with van der Waals surface area (Å²) >= 11 is 3.41. The highest BCUT2D eigenvalue weighted by molar-refractivity contribution is 7.98. The Morgan fingerprint density at radius 3 is 2.85 bits per heavy atom. The largest absolute Gasteiger partial charge is 0.304 e. The summed E-state index contributed by atoms with van der Waals surface area (Å²) in [6.07, 6.45) is 0. The zero-order valence-electron chi connectivity index (χ0n) is 11.4. The van der Waals surface area contributed by atoms with Crippen molar-refractivity contribution < 1.29 is 0 Å². The summed E-state index contributed by atoms with van der Waals surface area (Å²) in [6.45, 7) is 2.12. The molecule has 2 aromatic heterocycles. The molecule has 0 N–H and O–H groups in total. The van der Waals surface area contributed by atoms with Gasteiger partial charge >= 0.3 is 0 Å². The number of aromatic nitrogens is 3. The zero-order chi connectivity index (χ0) is 13.9. The second-order valence-corrected chi connectivity index (χ2v) is 6.51. The standard InChI is InChI=1S/C15H15N3S2/c1-11-5-3-6-12(9-11)10-20-15-17-16-14(18(15)2)13-7-4-8-19-13/h3-9H,10H2,1-2H3. The molecular weight excluding hydrogens is 286 g/mol. The van der Waals surface area contributed by atoms with Crippen LogP contribution in [-0.2, 0) is 12.8 Å². The number of aryl methyl sites for hydroxylation is 1. The molecule has 0 atom stereocenters. The van der Waals surface area contributed by atoms with E-state index in [2.05, 4.69) is 57.4 Å². The van der Waals surface area contributed by atoms with E-state index in [4.69, 9.17) is 0 Å². The van der Waals surface area contributed by atoms with Crippen LogP contribution in [0.3, 0.4) is 0 Å². The molecule has 3 rings (SSSR count). The van der Waals surface area contributed by atoms with Gasteiger partial charge in [0.25, 0.3) is 0 Å². The smallest absolute Gasteiger partial charge is 0.191 e. The molecular formula is C15H15N3S2. The number of thioether (sulfide) groups is 1. The van der Waals surface area contributed by atoms with Crippen LogP contribution in [0.25, 0.3) is 10.7 Å². The van der Waals surface area contributed by atoms with E-state index in [1.807, 2.05) is 13.1 Å². The Hall–Kier alpha value is -1.59. The van der Waals surface area contributed by atoms with E-state index in [0.29, 0.717) is 0 Å². The molecule has 0 bridgehead atoms. The molecule has 5 heteroatoms. The molecule has 2 heterocycles. The van der Waals surface area contributed by atoms with Crippen LogP contribution < -0.4 is 0 Å². The highest BCUT2D eigenvalue weighted by Crippen LogP contribution is 2.27. The van der Waals surface area contributed by atoms with Crippen LogP contribution in [0.5, 0.6) is 0 Å². The molecule has 1 aromatic carbocycles. The van der Waals surface area contributed by atoms with Crippen LogP contribution in [-0.4, -0.2) is 14.8 Å². The fourth-order valence-electron chi connectivity index (χ4n) is 2.01. The molecule has 3 aromatic rings. The number of thiophene rings is 1. The third-order valence-electron chi connectivity index (χ3n) is 3.03. The van der Waals surface area contributed by atoms with Crippen molar-refractivity contribution in [1.82, 2.24) is 14.8 Å². The Bertz CT molecular complexity index is 702. The maximum atomic E-state index is 4.29. The fraction of sp³-hybridized carbons (Fsp3) is 0.200. The Morgan fingerprint density at radius 2 is 2.10 bits per heavy atom. The molecule has 0 saturated carbocycles. The average molecular weight is 301 g/mol. The Balaban J connectivity index is 1.76. The lowest BCUT2D eigenvalue weighted by Gasteiger charge is -2.03. The lowest BCUT2D eigenvalue weighted by Crippen LogP contribution is -1.94. The molecule has 20 heavy (non-hydrogen) atoms. The summed E-state index contributed by atoms with van der Waals surface area (Å²) in [5, 5.41) is 11.6. The Labute approximate surface area is 126 Å².